The van der Waals surface area contributed by atoms with Gasteiger partial charge in [0, 0.05) is 0 Å². The molecule has 0 rings (SSSR count). The summed E-state index contributed by atoms with van der Waals surface area (Å²) in [6.45, 7) is 0. The van der Waals surface area contributed by atoms with E-state index in [9.17, 15) is 0 Å². The Balaban J connectivity index is 3.14. The SMILES string of the molecule is N#CC=CON=O. The van der Waals surface area contributed by atoms with Gasteiger partial charge in [-0.05, 0) is 0 Å². The third-order valence-electron chi connectivity index (χ3n) is 0.246. The molecule has 36 valence electrons. The molecule has 0 aliphatic heterocycles. The summed E-state index contributed by atoms with van der Waals surface area (Å²) in [5, 5.41) is 9.72. The molecule has 0 aliphatic rings. The first-order valence-corrected chi connectivity index (χ1v) is 1.45. The van der Waals surface area contributed by atoms with Gasteiger partial charge < -0.3 is 4.84 Å². The van der Waals surface area contributed by atoms with E-state index in [1.807, 2.05) is 5.34 Å². The second kappa shape index (κ2) is 4.63. The molecule has 4 heteroatoms. The smallest absolute Gasteiger partial charge is 0.160 e. The van der Waals surface area contributed by atoms with Crippen LogP contribution < -0.4 is 0 Å². The Hall–Kier alpha value is -1.37. The zero-order valence-corrected chi connectivity index (χ0v) is 3.37. The second-order valence-electron chi connectivity index (χ2n) is 0.612. The molecular weight excluding hydrogens is 96.0 g/mol. The highest BCUT2D eigenvalue weighted by Crippen LogP contribution is 1.72. The third kappa shape index (κ3) is 4.63. The average Bonchev–Trinajstić information content (AvgIpc) is 1.69. The zero-order valence-electron chi connectivity index (χ0n) is 3.37. The van der Waals surface area contributed by atoms with Crippen LogP contribution in [0.25, 0.3) is 0 Å². The Labute approximate surface area is 39.9 Å². The van der Waals surface area contributed by atoms with E-state index in [4.69, 9.17) is 10.2 Å². The van der Waals surface area contributed by atoms with Gasteiger partial charge in [-0.1, -0.05) is 0 Å². The number of hydrogen-bond donors (Lipinski definition) is 0. The molecule has 0 aromatic carbocycles. The standard InChI is InChI=1S/C3H2N2O2/c4-2-1-3-7-5-6/h1,3H. The highest BCUT2D eigenvalue weighted by Gasteiger charge is 1.63. The van der Waals surface area contributed by atoms with Gasteiger partial charge in [-0.2, -0.15) is 5.26 Å². The van der Waals surface area contributed by atoms with E-state index in [1.54, 1.807) is 6.07 Å². The van der Waals surface area contributed by atoms with Crippen LogP contribution in [0.3, 0.4) is 0 Å². The summed E-state index contributed by atoms with van der Waals surface area (Å²) in [5.41, 5.74) is 0. The van der Waals surface area contributed by atoms with Crippen LogP contribution in [-0.4, -0.2) is 0 Å². The molecule has 7 heavy (non-hydrogen) atoms. The van der Waals surface area contributed by atoms with E-state index in [-0.39, 0.29) is 0 Å². The second-order valence-corrected chi connectivity index (χ2v) is 0.612. The predicted octanol–water partition coefficient (Wildman–Crippen LogP) is 0.722. The summed E-state index contributed by atoms with van der Waals surface area (Å²) in [5.74, 6) is 0. The quantitative estimate of drug-likeness (QED) is 0.221. The number of nitriles is 1. The number of allylic oxidation sites excluding steroid dienone is 1. The molecule has 0 saturated heterocycles. The summed E-state index contributed by atoms with van der Waals surface area (Å²) < 4.78 is 0. The van der Waals surface area contributed by atoms with Crippen molar-refractivity contribution in [3.05, 3.63) is 17.2 Å². The summed E-state index contributed by atoms with van der Waals surface area (Å²) in [7, 11) is 0. The molecule has 0 saturated carbocycles. The van der Waals surface area contributed by atoms with Gasteiger partial charge in [0.05, 0.1) is 12.1 Å². The summed E-state index contributed by atoms with van der Waals surface area (Å²) in [4.78, 5) is 12.8. The lowest BCUT2D eigenvalue weighted by atomic mass is 10.7. The van der Waals surface area contributed by atoms with Crippen LogP contribution in [0.5, 0.6) is 0 Å². The van der Waals surface area contributed by atoms with Crippen molar-refractivity contribution in [3.8, 4) is 6.07 Å². The van der Waals surface area contributed by atoms with Gasteiger partial charge in [-0.3, -0.25) is 0 Å². The van der Waals surface area contributed by atoms with Crippen LogP contribution >= 0.6 is 0 Å². The van der Waals surface area contributed by atoms with Crippen molar-refractivity contribution in [2.45, 2.75) is 0 Å². The van der Waals surface area contributed by atoms with Crippen LogP contribution in [0, 0.1) is 16.2 Å². The highest BCUT2D eigenvalue weighted by atomic mass is 16.7. The van der Waals surface area contributed by atoms with Crippen LogP contribution in [-0.2, 0) is 4.84 Å². The number of nitrogens with zero attached hydrogens (tertiary/aromatic N) is 2. The molecule has 0 aliphatic carbocycles. The summed E-state index contributed by atoms with van der Waals surface area (Å²) in [6.07, 6.45) is 1.90. The van der Waals surface area contributed by atoms with Crippen LogP contribution in [0.2, 0.25) is 0 Å². The van der Waals surface area contributed by atoms with Gasteiger partial charge in [-0.25, -0.2) is 0 Å². The average molecular weight is 98.1 g/mol. The van der Waals surface area contributed by atoms with Gasteiger partial charge >= 0.3 is 0 Å². The Morgan fingerprint density at radius 3 is 3.00 bits per heavy atom. The van der Waals surface area contributed by atoms with Gasteiger partial charge in [0.15, 0.2) is 5.34 Å². The maximum Gasteiger partial charge on any atom is 0.160 e. The fourth-order valence-electron chi connectivity index (χ4n) is 0.0857. The fourth-order valence-corrected chi connectivity index (χ4v) is 0.0857. The molecule has 0 N–H and O–H groups in total. The van der Waals surface area contributed by atoms with Gasteiger partial charge in [0.25, 0.3) is 0 Å². The van der Waals surface area contributed by atoms with Crippen molar-refractivity contribution in [3.63, 3.8) is 0 Å². The molecule has 0 aromatic rings. The van der Waals surface area contributed by atoms with Crippen LogP contribution in [0.15, 0.2) is 17.7 Å². The minimum absolute atomic E-state index is 0.896. The molecule has 0 fully saturated rings. The van der Waals surface area contributed by atoms with E-state index < -0.39 is 0 Å². The molecule has 0 unspecified atom stereocenters. The zero-order chi connectivity index (χ0) is 5.54. The van der Waals surface area contributed by atoms with Crippen LogP contribution in [0.4, 0.5) is 0 Å². The van der Waals surface area contributed by atoms with Crippen molar-refractivity contribution in [2.75, 3.05) is 0 Å². The summed E-state index contributed by atoms with van der Waals surface area (Å²) >= 11 is 0. The Morgan fingerprint density at radius 2 is 2.57 bits per heavy atom. The highest BCUT2D eigenvalue weighted by molar-refractivity contribution is 4.97. The normalized spacial score (nSPS) is 7.86. The molecule has 0 spiro atoms. The number of hydrogen-bond acceptors (Lipinski definition) is 4. The van der Waals surface area contributed by atoms with Crippen molar-refractivity contribution < 1.29 is 4.84 Å². The number of rotatable bonds is 2. The van der Waals surface area contributed by atoms with Crippen molar-refractivity contribution in [1.29, 1.82) is 5.26 Å². The largest absolute Gasteiger partial charge is 0.331 e. The maximum absolute atomic E-state index is 9.05. The molecule has 0 radical (unpaired) electrons. The topological polar surface area (TPSA) is 62.4 Å². The first kappa shape index (κ1) is 5.63. The first-order chi connectivity index (χ1) is 3.41. The minimum atomic E-state index is 0.896. The first-order valence-electron chi connectivity index (χ1n) is 1.45. The van der Waals surface area contributed by atoms with Crippen molar-refractivity contribution in [2.24, 2.45) is 5.34 Å². The lowest BCUT2D eigenvalue weighted by Gasteiger charge is -1.70. The third-order valence-corrected chi connectivity index (χ3v) is 0.246. The fraction of sp³-hybridized carbons (Fsp3) is 0. The molecule has 0 amide bonds. The van der Waals surface area contributed by atoms with Gasteiger partial charge in [0.1, 0.15) is 6.26 Å². The lowest BCUT2D eigenvalue weighted by molar-refractivity contribution is 0.262. The predicted molar refractivity (Wildman–Crippen MR) is 21.6 cm³/mol. The maximum atomic E-state index is 9.05. The molecule has 0 atom stereocenters. The van der Waals surface area contributed by atoms with Gasteiger partial charge in [-0.15, -0.1) is 4.91 Å². The molecular formula is C3H2N2O2. The summed E-state index contributed by atoms with van der Waals surface area (Å²) in [6, 6.07) is 1.60. The van der Waals surface area contributed by atoms with E-state index in [1.165, 1.54) is 0 Å². The van der Waals surface area contributed by atoms with Crippen LogP contribution in [0.1, 0.15) is 0 Å². The van der Waals surface area contributed by atoms with Crippen molar-refractivity contribution in [1.82, 2.24) is 0 Å². The lowest BCUT2D eigenvalue weighted by Crippen LogP contribution is -1.57. The van der Waals surface area contributed by atoms with E-state index in [0.717, 1.165) is 12.3 Å². The minimum Gasteiger partial charge on any atom is -0.331 e. The Morgan fingerprint density at radius 1 is 1.86 bits per heavy atom. The Bertz CT molecular complexity index is 113. The molecule has 0 bridgehead atoms. The van der Waals surface area contributed by atoms with E-state index in [2.05, 4.69) is 4.84 Å². The molecule has 0 heterocycles. The van der Waals surface area contributed by atoms with Crippen molar-refractivity contribution >= 4 is 0 Å². The molecule has 4 nitrogen and oxygen atoms in total. The van der Waals surface area contributed by atoms with E-state index in [0.29, 0.717) is 0 Å². The Kier molecular flexibility index (Phi) is 3.72. The van der Waals surface area contributed by atoms with Gasteiger partial charge in [0.2, 0.25) is 0 Å². The molecule has 0 aromatic heterocycles. The monoisotopic (exact) mass is 98.0 g/mol. The van der Waals surface area contributed by atoms with E-state index >= 15 is 0 Å².